The molecular formula is C22H21Cl2N5O2S. The molecule has 1 unspecified atom stereocenters. The normalized spacial score (nSPS) is 15.3. The van der Waals surface area contributed by atoms with Crippen LogP contribution in [0.5, 0.6) is 5.75 Å². The van der Waals surface area contributed by atoms with Crippen LogP contribution in [0.3, 0.4) is 0 Å². The van der Waals surface area contributed by atoms with Crippen LogP contribution in [0.25, 0.3) is 0 Å². The van der Waals surface area contributed by atoms with Crippen LogP contribution < -0.4 is 15.8 Å². The molecule has 0 saturated carbocycles. The molecule has 2 heterocycles. The van der Waals surface area contributed by atoms with Crippen LogP contribution in [0, 0.1) is 0 Å². The largest absolute Gasteiger partial charge is 0.489 e. The highest BCUT2D eigenvalue weighted by Crippen LogP contribution is 2.36. The Labute approximate surface area is 199 Å². The Morgan fingerprint density at radius 2 is 2.00 bits per heavy atom. The maximum absolute atomic E-state index is 12.3. The molecule has 1 atom stereocenters. The van der Waals surface area contributed by atoms with E-state index in [0.29, 0.717) is 44.8 Å². The van der Waals surface area contributed by atoms with Gasteiger partial charge in [0.15, 0.2) is 0 Å². The number of nitrogens with zero attached hydrogens (tertiary/aromatic N) is 3. The quantitative estimate of drug-likeness (QED) is 0.450. The van der Waals surface area contributed by atoms with Crippen LogP contribution in [0.2, 0.25) is 10.0 Å². The van der Waals surface area contributed by atoms with Gasteiger partial charge in [0.05, 0.1) is 5.57 Å². The molecule has 7 nitrogen and oxygen atoms in total. The number of nitrogens with two attached hydrogens (primary N) is 1. The van der Waals surface area contributed by atoms with Crippen LogP contribution in [-0.4, -0.2) is 26.4 Å². The Hall–Kier alpha value is -2.68. The van der Waals surface area contributed by atoms with E-state index in [1.54, 1.807) is 16.8 Å². The van der Waals surface area contributed by atoms with E-state index >= 15 is 0 Å². The molecule has 4 rings (SSSR count). The summed E-state index contributed by atoms with van der Waals surface area (Å²) < 4.78 is 7.58. The van der Waals surface area contributed by atoms with Crippen molar-refractivity contribution in [1.82, 2.24) is 14.8 Å². The summed E-state index contributed by atoms with van der Waals surface area (Å²) in [6, 6.07) is 12.3. The molecule has 0 saturated heterocycles. The van der Waals surface area contributed by atoms with Crippen LogP contribution in [0.1, 0.15) is 31.0 Å². The summed E-state index contributed by atoms with van der Waals surface area (Å²) in [4.78, 5) is 16.8. The lowest BCUT2D eigenvalue weighted by Crippen LogP contribution is -2.31. The predicted molar refractivity (Wildman–Crippen MR) is 127 cm³/mol. The molecule has 166 valence electrons. The number of primary amides is 1. The maximum Gasteiger partial charge on any atom is 0.248 e. The first-order chi connectivity index (χ1) is 15.4. The first-order valence-electron chi connectivity index (χ1n) is 9.91. The van der Waals surface area contributed by atoms with E-state index in [2.05, 4.69) is 15.4 Å². The molecule has 0 bridgehead atoms. The third kappa shape index (κ3) is 4.57. The van der Waals surface area contributed by atoms with E-state index in [4.69, 9.17) is 33.7 Å². The van der Waals surface area contributed by atoms with Gasteiger partial charge in [-0.1, -0.05) is 60.1 Å². The average Bonchev–Trinajstić information content (AvgIpc) is 3.14. The van der Waals surface area contributed by atoms with Gasteiger partial charge in [0.25, 0.3) is 0 Å². The number of aromatic nitrogens is 3. The topological polar surface area (TPSA) is 95.1 Å². The number of benzene rings is 2. The van der Waals surface area contributed by atoms with Gasteiger partial charge >= 0.3 is 0 Å². The molecular weight excluding hydrogens is 469 g/mol. The molecule has 1 aromatic heterocycles. The molecule has 3 N–H and O–H groups in total. The highest BCUT2D eigenvalue weighted by molar-refractivity contribution is 7.99. The number of nitrogens with one attached hydrogen (secondary N) is 1. The number of halogens is 2. The molecule has 0 spiro atoms. The number of hydrogen-bond donors (Lipinski definition) is 2. The molecule has 1 aliphatic heterocycles. The molecule has 0 aliphatic carbocycles. The summed E-state index contributed by atoms with van der Waals surface area (Å²) in [5.41, 5.74) is 8.50. The Morgan fingerprint density at radius 1 is 1.25 bits per heavy atom. The van der Waals surface area contributed by atoms with E-state index in [1.807, 2.05) is 44.2 Å². The van der Waals surface area contributed by atoms with Gasteiger partial charge in [-0.15, -0.1) is 5.10 Å². The highest BCUT2D eigenvalue weighted by Gasteiger charge is 2.33. The summed E-state index contributed by atoms with van der Waals surface area (Å²) in [5, 5.41) is 9.49. The summed E-state index contributed by atoms with van der Waals surface area (Å²) in [7, 11) is 0. The number of rotatable bonds is 7. The summed E-state index contributed by atoms with van der Waals surface area (Å²) >= 11 is 13.7. The van der Waals surface area contributed by atoms with Gasteiger partial charge in [-0.3, -0.25) is 4.79 Å². The standard InChI is InChI=1S/C22H21Cl2N5O2S/c1-3-32-22-27-21-26-12(2)18(20(25)30)19(29(21)28-22)13-5-8-16(9-6-13)31-11-14-4-7-15(23)10-17(14)24/h4-10,19H,3,11H2,1-2H3,(H2,25,30)(H,26,27,28). The third-order valence-corrected chi connectivity index (χ3v) is 6.28. The Kier molecular flexibility index (Phi) is 6.64. The summed E-state index contributed by atoms with van der Waals surface area (Å²) in [6.45, 7) is 4.15. The van der Waals surface area contributed by atoms with Crippen molar-refractivity contribution in [3.05, 3.63) is 74.9 Å². The lowest BCUT2D eigenvalue weighted by atomic mass is 9.95. The minimum Gasteiger partial charge on any atom is -0.489 e. The minimum absolute atomic E-state index is 0.305. The maximum atomic E-state index is 12.3. The zero-order chi connectivity index (χ0) is 22.8. The highest BCUT2D eigenvalue weighted by atomic mass is 35.5. The van der Waals surface area contributed by atoms with Crippen LogP contribution >= 0.6 is 35.0 Å². The van der Waals surface area contributed by atoms with Gasteiger partial charge in [-0.05, 0) is 42.5 Å². The molecule has 1 amide bonds. The van der Waals surface area contributed by atoms with Crippen molar-refractivity contribution in [2.45, 2.75) is 31.7 Å². The molecule has 10 heteroatoms. The van der Waals surface area contributed by atoms with E-state index in [-0.39, 0.29) is 0 Å². The van der Waals surface area contributed by atoms with E-state index < -0.39 is 11.9 Å². The fourth-order valence-electron chi connectivity index (χ4n) is 3.50. The van der Waals surface area contributed by atoms with Crippen molar-refractivity contribution < 1.29 is 9.53 Å². The SMILES string of the molecule is CCSc1nc2n(n1)C(c1ccc(OCc3ccc(Cl)cc3Cl)cc1)C(C(N)=O)=C(C)N2. The number of amides is 1. The number of allylic oxidation sites excluding steroid dienone is 1. The molecule has 1 aliphatic rings. The zero-order valence-electron chi connectivity index (χ0n) is 17.4. The number of thioether (sulfide) groups is 1. The lowest BCUT2D eigenvalue weighted by molar-refractivity contribution is -0.115. The summed E-state index contributed by atoms with van der Waals surface area (Å²) in [6.07, 6.45) is 0. The second-order valence-electron chi connectivity index (χ2n) is 7.12. The van der Waals surface area contributed by atoms with Crippen molar-refractivity contribution in [3.63, 3.8) is 0 Å². The number of anilines is 1. The van der Waals surface area contributed by atoms with Crippen LogP contribution in [0.15, 0.2) is 58.9 Å². The fraction of sp³-hybridized carbons (Fsp3) is 0.227. The zero-order valence-corrected chi connectivity index (χ0v) is 19.8. The van der Waals surface area contributed by atoms with Gasteiger partial charge in [0.2, 0.25) is 17.0 Å². The van der Waals surface area contributed by atoms with Gasteiger partial charge in [-0.25, -0.2) is 4.68 Å². The third-order valence-electron chi connectivity index (χ3n) is 4.98. The van der Waals surface area contributed by atoms with Crippen molar-refractivity contribution in [2.75, 3.05) is 11.1 Å². The van der Waals surface area contributed by atoms with E-state index in [9.17, 15) is 4.79 Å². The number of ether oxygens (including phenoxy) is 1. The number of carbonyl (C=O) groups excluding carboxylic acids is 1. The Morgan fingerprint density at radius 3 is 2.66 bits per heavy atom. The Bertz CT molecular complexity index is 1190. The fourth-order valence-corrected chi connectivity index (χ4v) is 4.51. The van der Waals surface area contributed by atoms with E-state index in [0.717, 1.165) is 16.9 Å². The van der Waals surface area contributed by atoms with Crippen molar-refractivity contribution in [3.8, 4) is 5.75 Å². The van der Waals surface area contributed by atoms with Crippen LogP contribution in [-0.2, 0) is 11.4 Å². The molecule has 3 aromatic rings. The van der Waals surface area contributed by atoms with Crippen molar-refractivity contribution >= 4 is 46.8 Å². The van der Waals surface area contributed by atoms with Gasteiger partial charge in [0.1, 0.15) is 18.4 Å². The monoisotopic (exact) mass is 489 g/mol. The van der Waals surface area contributed by atoms with Crippen molar-refractivity contribution in [2.24, 2.45) is 5.73 Å². The first-order valence-corrected chi connectivity index (χ1v) is 11.6. The van der Waals surface area contributed by atoms with E-state index in [1.165, 1.54) is 11.8 Å². The minimum atomic E-state index is -0.511. The molecule has 2 aromatic carbocycles. The smallest absolute Gasteiger partial charge is 0.248 e. The number of carbonyl (C=O) groups is 1. The van der Waals surface area contributed by atoms with Crippen LogP contribution in [0.4, 0.5) is 5.95 Å². The van der Waals surface area contributed by atoms with Gasteiger partial charge < -0.3 is 15.8 Å². The second kappa shape index (κ2) is 9.44. The van der Waals surface area contributed by atoms with Gasteiger partial charge in [-0.2, -0.15) is 4.98 Å². The van der Waals surface area contributed by atoms with Crippen molar-refractivity contribution in [1.29, 1.82) is 0 Å². The molecule has 0 fully saturated rings. The number of fused-ring (bicyclic) bond motifs is 1. The molecule has 32 heavy (non-hydrogen) atoms. The average molecular weight is 490 g/mol. The van der Waals surface area contributed by atoms with Gasteiger partial charge in [0, 0.05) is 21.3 Å². The summed E-state index contributed by atoms with van der Waals surface area (Å²) in [5.74, 6) is 1.57. The second-order valence-corrected chi connectivity index (χ2v) is 9.19. The molecule has 0 radical (unpaired) electrons. The first kappa shape index (κ1) is 22.5. The Balaban J connectivity index is 1.61. The number of hydrogen-bond acceptors (Lipinski definition) is 6. The lowest BCUT2D eigenvalue weighted by Gasteiger charge is -2.27. The predicted octanol–water partition coefficient (Wildman–Crippen LogP) is 5.05.